The van der Waals surface area contributed by atoms with Crippen LogP contribution in [0.2, 0.25) is 19.6 Å². The molecule has 0 aliphatic heterocycles. The standard InChI is InChI=1S/C16H28O2Si/c1-12-8-7-10-16(2,3)14(12)15(18)13(17)9-11-19(4,5)6/h13,15,17-18H,7-8,10H2,1-6H3/t13-,15-/m0/s1. The molecule has 0 radical (unpaired) electrons. The van der Waals surface area contributed by atoms with Gasteiger partial charge in [0.1, 0.15) is 20.3 Å². The van der Waals surface area contributed by atoms with E-state index in [0.29, 0.717) is 0 Å². The van der Waals surface area contributed by atoms with Crippen molar-refractivity contribution in [1.29, 1.82) is 0 Å². The first kappa shape index (κ1) is 16.5. The van der Waals surface area contributed by atoms with Gasteiger partial charge in [-0.05, 0) is 37.2 Å². The summed E-state index contributed by atoms with van der Waals surface area (Å²) in [4.78, 5) is 0. The van der Waals surface area contributed by atoms with Gasteiger partial charge in [-0.15, -0.1) is 5.54 Å². The third-order valence-corrected chi connectivity index (χ3v) is 4.63. The highest BCUT2D eigenvalue weighted by molar-refractivity contribution is 6.83. The third kappa shape index (κ3) is 4.49. The van der Waals surface area contributed by atoms with E-state index in [1.807, 2.05) is 0 Å². The molecule has 19 heavy (non-hydrogen) atoms. The van der Waals surface area contributed by atoms with Crippen molar-refractivity contribution in [2.45, 2.75) is 71.9 Å². The van der Waals surface area contributed by atoms with Gasteiger partial charge in [0, 0.05) is 0 Å². The summed E-state index contributed by atoms with van der Waals surface area (Å²) in [6.45, 7) is 12.8. The van der Waals surface area contributed by atoms with Crippen LogP contribution >= 0.6 is 0 Å². The van der Waals surface area contributed by atoms with Gasteiger partial charge in [-0.3, -0.25) is 0 Å². The SMILES string of the molecule is CC1=C([C@@H](O)[C@@H](O)C#C[Si](C)(C)C)C(C)(C)CCC1. The van der Waals surface area contributed by atoms with Gasteiger partial charge >= 0.3 is 0 Å². The number of hydrogen-bond acceptors (Lipinski definition) is 2. The maximum atomic E-state index is 10.5. The molecule has 0 aromatic carbocycles. The van der Waals surface area contributed by atoms with E-state index in [4.69, 9.17) is 0 Å². The van der Waals surface area contributed by atoms with Crippen LogP contribution in [-0.4, -0.2) is 30.5 Å². The maximum Gasteiger partial charge on any atom is 0.143 e. The van der Waals surface area contributed by atoms with Crippen molar-refractivity contribution >= 4 is 8.07 Å². The molecule has 2 nitrogen and oxygen atoms in total. The van der Waals surface area contributed by atoms with Crippen LogP contribution in [0.4, 0.5) is 0 Å². The van der Waals surface area contributed by atoms with Crippen LogP contribution in [0, 0.1) is 16.9 Å². The van der Waals surface area contributed by atoms with Gasteiger partial charge in [-0.2, -0.15) is 0 Å². The minimum Gasteiger partial charge on any atom is -0.385 e. The Kier molecular flexibility index (Phi) is 5.06. The van der Waals surface area contributed by atoms with Crippen LogP contribution in [0.15, 0.2) is 11.1 Å². The first-order valence-electron chi connectivity index (χ1n) is 7.13. The van der Waals surface area contributed by atoms with Crippen molar-refractivity contribution in [3.63, 3.8) is 0 Å². The fourth-order valence-electron chi connectivity index (χ4n) is 2.82. The summed E-state index contributed by atoms with van der Waals surface area (Å²) in [7, 11) is -1.52. The lowest BCUT2D eigenvalue weighted by molar-refractivity contribution is 0.0607. The number of allylic oxidation sites excluding steroid dienone is 1. The predicted octanol–water partition coefficient (Wildman–Crippen LogP) is 3.12. The highest BCUT2D eigenvalue weighted by Crippen LogP contribution is 2.42. The van der Waals surface area contributed by atoms with E-state index in [1.54, 1.807) is 0 Å². The number of hydrogen-bond donors (Lipinski definition) is 2. The normalized spacial score (nSPS) is 22.5. The first-order chi connectivity index (χ1) is 8.54. The molecule has 0 amide bonds. The van der Waals surface area contributed by atoms with E-state index in [0.717, 1.165) is 24.8 Å². The van der Waals surface area contributed by atoms with Crippen molar-refractivity contribution in [1.82, 2.24) is 0 Å². The molecule has 0 heterocycles. The fraction of sp³-hybridized carbons (Fsp3) is 0.750. The van der Waals surface area contributed by atoms with Crippen LogP contribution < -0.4 is 0 Å². The molecule has 3 heteroatoms. The maximum absolute atomic E-state index is 10.5. The van der Waals surface area contributed by atoms with Gasteiger partial charge < -0.3 is 10.2 Å². The molecule has 0 aromatic heterocycles. The Balaban J connectivity index is 2.98. The van der Waals surface area contributed by atoms with Crippen LogP contribution in [0.25, 0.3) is 0 Å². The molecular formula is C16H28O2Si. The Morgan fingerprint density at radius 3 is 2.26 bits per heavy atom. The van der Waals surface area contributed by atoms with Gasteiger partial charge in [0.15, 0.2) is 0 Å². The molecule has 2 N–H and O–H groups in total. The van der Waals surface area contributed by atoms with Gasteiger partial charge in [0.2, 0.25) is 0 Å². The van der Waals surface area contributed by atoms with Crippen molar-refractivity contribution in [3.8, 4) is 11.5 Å². The monoisotopic (exact) mass is 280 g/mol. The fourth-order valence-corrected chi connectivity index (χ4v) is 3.40. The summed E-state index contributed by atoms with van der Waals surface area (Å²) < 4.78 is 0. The molecule has 108 valence electrons. The second-order valence-corrected chi connectivity index (χ2v) is 12.1. The zero-order valence-corrected chi connectivity index (χ0v) is 14.2. The van der Waals surface area contributed by atoms with E-state index >= 15 is 0 Å². The van der Waals surface area contributed by atoms with E-state index < -0.39 is 20.3 Å². The summed E-state index contributed by atoms with van der Waals surface area (Å²) in [5.74, 6) is 2.86. The third-order valence-electron chi connectivity index (χ3n) is 3.73. The van der Waals surface area contributed by atoms with Gasteiger partial charge in [-0.1, -0.05) is 45.0 Å². The Morgan fingerprint density at radius 1 is 1.21 bits per heavy atom. The van der Waals surface area contributed by atoms with Crippen molar-refractivity contribution in [2.75, 3.05) is 0 Å². The average Bonchev–Trinajstić information content (AvgIpc) is 2.23. The van der Waals surface area contributed by atoms with Crippen molar-refractivity contribution in [2.24, 2.45) is 5.41 Å². The molecule has 0 bridgehead atoms. The highest BCUT2D eigenvalue weighted by atomic mass is 28.3. The molecular weight excluding hydrogens is 252 g/mol. The van der Waals surface area contributed by atoms with Crippen molar-refractivity contribution < 1.29 is 10.2 Å². The van der Waals surface area contributed by atoms with Crippen LogP contribution in [0.1, 0.15) is 40.0 Å². The molecule has 1 rings (SSSR count). The lowest BCUT2D eigenvalue weighted by atomic mass is 9.70. The Hall–Kier alpha value is -0.563. The second-order valence-electron chi connectivity index (χ2n) is 7.34. The Labute approximate surface area is 118 Å². The molecule has 2 atom stereocenters. The number of aliphatic hydroxyl groups excluding tert-OH is 2. The van der Waals surface area contributed by atoms with E-state index in [9.17, 15) is 10.2 Å². The lowest BCUT2D eigenvalue weighted by Crippen LogP contribution is -2.36. The zero-order chi connectivity index (χ0) is 14.8. The molecule has 0 aromatic rings. The topological polar surface area (TPSA) is 40.5 Å². The lowest BCUT2D eigenvalue weighted by Gasteiger charge is -2.37. The second kappa shape index (κ2) is 5.83. The Bertz CT molecular complexity index is 418. The molecule has 0 saturated carbocycles. The van der Waals surface area contributed by atoms with Gasteiger partial charge in [-0.25, -0.2) is 0 Å². The molecule has 0 spiro atoms. The predicted molar refractivity (Wildman–Crippen MR) is 83.5 cm³/mol. The van der Waals surface area contributed by atoms with Gasteiger partial charge in [0.05, 0.1) is 0 Å². The molecule has 1 aliphatic rings. The number of aliphatic hydroxyl groups is 2. The summed E-state index contributed by atoms with van der Waals surface area (Å²) in [5.41, 5.74) is 5.32. The summed E-state index contributed by atoms with van der Waals surface area (Å²) in [5, 5.41) is 20.6. The van der Waals surface area contributed by atoms with Crippen LogP contribution in [0.5, 0.6) is 0 Å². The first-order valence-corrected chi connectivity index (χ1v) is 10.6. The number of rotatable bonds is 2. The highest BCUT2D eigenvalue weighted by Gasteiger charge is 2.35. The summed E-state index contributed by atoms with van der Waals surface area (Å²) in [6, 6.07) is 0. The minimum atomic E-state index is -1.52. The molecule has 0 fully saturated rings. The smallest absolute Gasteiger partial charge is 0.143 e. The summed E-state index contributed by atoms with van der Waals surface area (Å²) >= 11 is 0. The van der Waals surface area contributed by atoms with Gasteiger partial charge in [0.25, 0.3) is 0 Å². The summed E-state index contributed by atoms with van der Waals surface area (Å²) in [6.07, 6.45) is 1.42. The minimum absolute atomic E-state index is 0.0381. The molecule has 0 unspecified atom stereocenters. The molecule has 1 aliphatic carbocycles. The van der Waals surface area contributed by atoms with Crippen molar-refractivity contribution in [3.05, 3.63) is 11.1 Å². The molecule has 0 saturated heterocycles. The Morgan fingerprint density at radius 2 is 1.79 bits per heavy atom. The van der Waals surface area contributed by atoms with E-state index in [-0.39, 0.29) is 5.41 Å². The van der Waals surface area contributed by atoms with E-state index in [2.05, 4.69) is 51.9 Å². The van der Waals surface area contributed by atoms with Crippen LogP contribution in [0.3, 0.4) is 0 Å². The largest absolute Gasteiger partial charge is 0.385 e. The van der Waals surface area contributed by atoms with E-state index in [1.165, 1.54) is 5.57 Å². The van der Waals surface area contributed by atoms with Crippen LogP contribution in [-0.2, 0) is 0 Å². The quantitative estimate of drug-likeness (QED) is 0.463. The average molecular weight is 280 g/mol. The zero-order valence-electron chi connectivity index (χ0n) is 13.2.